The Hall–Kier alpha value is -1.96. The Kier molecular flexibility index (Phi) is 5.13. The van der Waals surface area contributed by atoms with Crippen molar-refractivity contribution in [3.63, 3.8) is 0 Å². The molecule has 2 aromatic heterocycles. The van der Waals surface area contributed by atoms with Crippen LogP contribution in [-0.2, 0) is 4.79 Å². The van der Waals surface area contributed by atoms with Gasteiger partial charge in [0.2, 0.25) is 5.91 Å². The average Bonchev–Trinajstić information content (AvgIpc) is 3.16. The summed E-state index contributed by atoms with van der Waals surface area (Å²) in [4.78, 5) is 12.0. The van der Waals surface area contributed by atoms with E-state index in [9.17, 15) is 4.79 Å². The highest BCUT2D eigenvalue weighted by molar-refractivity contribution is 7.99. The molecule has 1 N–H and O–H groups in total. The number of halogens is 2. The van der Waals surface area contributed by atoms with Crippen LogP contribution in [0.1, 0.15) is 5.76 Å². The summed E-state index contributed by atoms with van der Waals surface area (Å²) in [5, 5.41) is 11.7. The Morgan fingerprint density at radius 1 is 1.29 bits per heavy atom. The molecular weight excluding hydrogens is 373 g/mol. The molecule has 0 aliphatic heterocycles. The summed E-state index contributed by atoms with van der Waals surface area (Å²) in [5.41, 5.74) is 1.22. The molecule has 0 atom stereocenters. The third-order valence-electron chi connectivity index (χ3n) is 3.03. The number of hydrogen-bond donors (Lipinski definition) is 1. The van der Waals surface area contributed by atoms with Gasteiger partial charge in [0.15, 0.2) is 0 Å². The summed E-state index contributed by atoms with van der Waals surface area (Å²) in [6, 6.07) is 6.59. The molecule has 124 valence electrons. The number of carbonyl (C=O) groups is 1. The highest BCUT2D eigenvalue weighted by Gasteiger charge is 2.14. The van der Waals surface area contributed by atoms with Gasteiger partial charge in [-0.1, -0.05) is 35.0 Å². The van der Waals surface area contributed by atoms with Gasteiger partial charge in [0.1, 0.15) is 5.76 Å². The maximum Gasteiger partial charge on any atom is 0.277 e. The van der Waals surface area contributed by atoms with E-state index < -0.39 is 0 Å². The van der Waals surface area contributed by atoms with Gasteiger partial charge in [-0.3, -0.25) is 4.79 Å². The van der Waals surface area contributed by atoms with Crippen LogP contribution in [0.5, 0.6) is 0 Å². The smallest absolute Gasteiger partial charge is 0.277 e. The minimum atomic E-state index is -0.247. The summed E-state index contributed by atoms with van der Waals surface area (Å²) in [5.74, 6) is 0.893. The largest absolute Gasteiger partial charge is 0.469 e. The molecule has 0 bridgehead atoms. The minimum absolute atomic E-state index is 0.102. The molecule has 24 heavy (non-hydrogen) atoms. The molecular formula is C15H11Cl2N3O3S. The Balaban J connectivity index is 1.59. The number of thioether (sulfide) groups is 1. The molecule has 6 nitrogen and oxygen atoms in total. The van der Waals surface area contributed by atoms with Gasteiger partial charge >= 0.3 is 0 Å². The molecule has 2 heterocycles. The molecule has 9 heteroatoms. The van der Waals surface area contributed by atoms with Gasteiger partial charge < -0.3 is 14.2 Å². The zero-order chi connectivity index (χ0) is 17.1. The van der Waals surface area contributed by atoms with Gasteiger partial charge in [-0.15, -0.1) is 10.2 Å². The number of amides is 1. The van der Waals surface area contributed by atoms with Crippen molar-refractivity contribution in [2.24, 2.45) is 0 Å². The molecule has 1 amide bonds. The fraction of sp³-hybridized carbons (Fsp3) is 0.133. The lowest BCUT2D eigenvalue weighted by atomic mass is 10.3. The molecule has 1 aromatic carbocycles. The summed E-state index contributed by atoms with van der Waals surface area (Å²) in [6.45, 7) is 1.80. The van der Waals surface area contributed by atoms with Crippen molar-refractivity contribution in [2.45, 2.75) is 12.1 Å². The van der Waals surface area contributed by atoms with E-state index in [0.29, 0.717) is 32.6 Å². The SMILES string of the molecule is Cc1occc1-c1nnc(SCC(=O)Nc2ccc(Cl)cc2Cl)o1. The number of carbonyl (C=O) groups excluding carboxylic acids is 1. The fourth-order valence-electron chi connectivity index (χ4n) is 1.89. The van der Waals surface area contributed by atoms with E-state index in [1.165, 1.54) is 0 Å². The van der Waals surface area contributed by atoms with Gasteiger partial charge in [0.25, 0.3) is 11.1 Å². The van der Waals surface area contributed by atoms with Crippen LogP contribution < -0.4 is 5.32 Å². The molecule has 0 saturated carbocycles. The highest BCUT2D eigenvalue weighted by atomic mass is 35.5. The Labute approximate surface area is 151 Å². The van der Waals surface area contributed by atoms with Gasteiger partial charge in [-0.2, -0.15) is 0 Å². The third-order valence-corrected chi connectivity index (χ3v) is 4.39. The molecule has 3 aromatic rings. The number of aromatic nitrogens is 2. The standard InChI is InChI=1S/C15H11Cl2N3O3S/c1-8-10(4-5-22-8)14-19-20-15(23-14)24-7-13(21)18-12-3-2-9(16)6-11(12)17/h2-6H,7H2,1H3,(H,18,21). The minimum Gasteiger partial charge on any atom is -0.469 e. The lowest BCUT2D eigenvalue weighted by Crippen LogP contribution is -2.14. The first kappa shape index (κ1) is 16.9. The van der Waals surface area contributed by atoms with Gasteiger partial charge in [-0.25, -0.2) is 0 Å². The van der Waals surface area contributed by atoms with Gasteiger partial charge in [-0.05, 0) is 31.2 Å². The Bertz CT molecular complexity index is 878. The predicted molar refractivity (Wildman–Crippen MR) is 92.6 cm³/mol. The molecule has 0 radical (unpaired) electrons. The summed E-state index contributed by atoms with van der Waals surface area (Å²) in [6.07, 6.45) is 1.55. The van der Waals surface area contributed by atoms with Crippen LogP contribution in [0, 0.1) is 6.92 Å². The van der Waals surface area contributed by atoms with Crippen molar-refractivity contribution in [3.8, 4) is 11.5 Å². The fourth-order valence-corrected chi connectivity index (χ4v) is 2.91. The van der Waals surface area contributed by atoms with Crippen molar-refractivity contribution < 1.29 is 13.6 Å². The van der Waals surface area contributed by atoms with Crippen LogP contribution in [0.2, 0.25) is 10.0 Å². The van der Waals surface area contributed by atoms with E-state index in [1.54, 1.807) is 37.5 Å². The lowest BCUT2D eigenvalue weighted by molar-refractivity contribution is -0.113. The second-order valence-corrected chi connectivity index (χ2v) is 6.49. The van der Waals surface area contributed by atoms with E-state index in [2.05, 4.69) is 15.5 Å². The summed E-state index contributed by atoms with van der Waals surface area (Å²) < 4.78 is 10.7. The van der Waals surface area contributed by atoms with E-state index >= 15 is 0 Å². The van der Waals surface area contributed by atoms with Crippen LogP contribution in [-0.4, -0.2) is 21.9 Å². The summed E-state index contributed by atoms with van der Waals surface area (Å²) >= 11 is 13.0. The van der Waals surface area contributed by atoms with Gasteiger partial charge in [0, 0.05) is 5.02 Å². The quantitative estimate of drug-likeness (QED) is 0.644. The first-order valence-corrected chi connectivity index (χ1v) is 8.53. The molecule has 0 fully saturated rings. The average molecular weight is 384 g/mol. The number of anilines is 1. The second-order valence-electron chi connectivity index (χ2n) is 4.72. The van der Waals surface area contributed by atoms with E-state index in [4.69, 9.17) is 32.0 Å². The zero-order valence-electron chi connectivity index (χ0n) is 12.4. The maximum atomic E-state index is 12.0. The molecule has 0 unspecified atom stereocenters. The van der Waals surface area contributed by atoms with Crippen LogP contribution in [0.25, 0.3) is 11.5 Å². The topological polar surface area (TPSA) is 81.2 Å². The first-order valence-electron chi connectivity index (χ1n) is 6.78. The molecule has 0 aliphatic rings. The number of benzene rings is 1. The summed E-state index contributed by atoms with van der Waals surface area (Å²) in [7, 11) is 0. The number of aryl methyl sites for hydroxylation is 1. The van der Waals surface area contributed by atoms with Crippen LogP contribution in [0.15, 0.2) is 44.6 Å². The molecule has 3 rings (SSSR count). The van der Waals surface area contributed by atoms with Crippen LogP contribution >= 0.6 is 35.0 Å². The number of rotatable bonds is 5. The number of hydrogen-bond acceptors (Lipinski definition) is 6. The number of nitrogens with one attached hydrogen (secondary N) is 1. The van der Waals surface area contributed by atoms with Crippen LogP contribution in [0.3, 0.4) is 0 Å². The predicted octanol–water partition coefficient (Wildman–Crippen LogP) is 4.68. The van der Waals surface area contributed by atoms with E-state index in [0.717, 1.165) is 17.3 Å². The van der Waals surface area contributed by atoms with Crippen molar-refractivity contribution in [1.82, 2.24) is 10.2 Å². The third kappa shape index (κ3) is 3.92. The second kappa shape index (κ2) is 7.29. The Morgan fingerprint density at radius 3 is 2.83 bits per heavy atom. The van der Waals surface area contributed by atoms with Crippen molar-refractivity contribution >= 4 is 46.6 Å². The van der Waals surface area contributed by atoms with Crippen molar-refractivity contribution in [1.29, 1.82) is 0 Å². The van der Waals surface area contributed by atoms with E-state index in [-0.39, 0.29) is 11.7 Å². The number of nitrogens with zero attached hydrogens (tertiary/aromatic N) is 2. The first-order chi connectivity index (χ1) is 11.5. The molecule has 0 saturated heterocycles. The number of furan rings is 1. The van der Waals surface area contributed by atoms with Crippen molar-refractivity contribution in [2.75, 3.05) is 11.1 Å². The maximum absolute atomic E-state index is 12.0. The lowest BCUT2D eigenvalue weighted by Gasteiger charge is -2.06. The molecule has 0 spiro atoms. The van der Waals surface area contributed by atoms with Gasteiger partial charge in [0.05, 0.1) is 28.3 Å². The normalized spacial score (nSPS) is 10.8. The van der Waals surface area contributed by atoms with Crippen LogP contribution in [0.4, 0.5) is 5.69 Å². The Morgan fingerprint density at radius 2 is 2.12 bits per heavy atom. The van der Waals surface area contributed by atoms with E-state index in [1.807, 2.05) is 0 Å². The monoisotopic (exact) mass is 383 g/mol. The van der Waals surface area contributed by atoms with Crippen molar-refractivity contribution in [3.05, 3.63) is 46.3 Å². The zero-order valence-corrected chi connectivity index (χ0v) is 14.7. The highest BCUT2D eigenvalue weighted by Crippen LogP contribution is 2.27. The molecule has 0 aliphatic carbocycles.